The molecule has 0 aromatic heterocycles. The van der Waals surface area contributed by atoms with Crippen molar-refractivity contribution in [1.82, 2.24) is 0 Å². The summed E-state index contributed by atoms with van der Waals surface area (Å²) < 4.78 is 11.7. The van der Waals surface area contributed by atoms with Crippen LogP contribution in [0.2, 0.25) is 18.6 Å². The van der Waals surface area contributed by atoms with Gasteiger partial charge < -0.3 is 24.3 Å². The minimum Gasteiger partial charge on any atom is -0.497 e. The van der Waals surface area contributed by atoms with Crippen LogP contribution in [0.25, 0.3) is 0 Å². The third-order valence-corrected chi connectivity index (χ3v) is 8.24. The maximum Gasteiger partial charge on any atom is 0.264 e. The first kappa shape index (κ1) is 18.4. The lowest BCUT2D eigenvalue weighted by molar-refractivity contribution is -0.146. The number of likely N-dealkylation sites (N-methyl/N-ethyl adjacent to an activating group) is 1. The Morgan fingerprint density at radius 3 is 2.64 bits per heavy atom. The van der Waals surface area contributed by atoms with Gasteiger partial charge in [-0.25, -0.2) is 0 Å². The van der Waals surface area contributed by atoms with E-state index in [0.717, 1.165) is 11.3 Å². The molecule has 2 N–H and O–H groups in total. The average molecular weight is 366 g/mol. The Bertz CT molecular complexity index is 689. The van der Waals surface area contributed by atoms with E-state index in [4.69, 9.17) is 9.47 Å². The molecule has 0 radical (unpaired) electrons. The second-order valence-electron chi connectivity index (χ2n) is 7.62. The van der Waals surface area contributed by atoms with Crippen LogP contribution in [0.5, 0.6) is 5.75 Å². The Kier molecular flexibility index (Phi) is 4.47. The molecule has 1 spiro atoms. The fraction of sp³-hybridized carbons (Fsp3) is 0.611. The highest BCUT2D eigenvalue weighted by Gasteiger charge is 2.65. The maximum absolute atomic E-state index is 13.3. The second-order valence-corrected chi connectivity index (χ2v) is 11.6. The van der Waals surface area contributed by atoms with Crippen LogP contribution in [-0.4, -0.2) is 51.0 Å². The van der Waals surface area contributed by atoms with Crippen LogP contribution in [0.1, 0.15) is 18.9 Å². The Balaban J connectivity index is 2.17. The molecule has 1 aromatic carbocycles. The van der Waals surface area contributed by atoms with E-state index in [-0.39, 0.29) is 30.1 Å². The number of anilines is 1. The van der Waals surface area contributed by atoms with E-state index in [2.05, 4.69) is 0 Å². The number of rotatable bonds is 4. The Morgan fingerprint density at radius 2 is 2.08 bits per heavy atom. The summed E-state index contributed by atoms with van der Waals surface area (Å²) in [6.07, 6.45) is 0.0606. The molecule has 0 aliphatic carbocycles. The van der Waals surface area contributed by atoms with E-state index < -0.39 is 13.9 Å². The summed E-state index contributed by atoms with van der Waals surface area (Å²) in [5.41, 5.74) is 0.319. The van der Waals surface area contributed by atoms with E-state index >= 15 is 0 Å². The number of carbonyl (C=O) groups is 1. The lowest BCUT2D eigenvalue weighted by Crippen LogP contribution is -2.45. The second kappa shape index (κ2) is 6.09. The zero-order chi connectivity index (χ0) is 18.6. The van der Waals surface area contributed by atoms with Gasteiger partial charge in [-0.2, -0.15) is 0 Å². The normalized spacial score (nSPS) is 31.7. The van der Waals surface area contributed by atoms with Crippen LogP contribution in [-0.2, 0) is 15.1 Å². The fourth-order valence-electron chi connectivity index (χ4n) is 4.69. The highest BCUT2D eigenvalue weighted by atomic mass is 28.4. The molecule has 2 heterocycles. The van der Waals surface area contributed by atoms with Crippen LogP contribution in [0.15, 0.2) is 18.2 Å². The molecule has 2 aliphatic heterocycles. The van der Waals surface area contributed by atoms with Gasteiger partial charge in [0.2, 0.25) is 0 Å². The number of amides is 1. The predicted molar refractivity (Wildman–Crippen MR) is 97.3 cm³/mol. The van der Waals surface area contributed by atoms with Gasteiger partial charge in [0.1, 0.15) is 5.75 Å². The maximum atomic E-state index is 13.3. The lowest BCUT2D eigenvalue weighted by atomic mass is 9.82. The van der Waals surface area contributed by atoms with Crippen LogP contribution < -0.4 is 9.64 Å². The molecule has 0 bridgehead atoms. The van der Waals surface area contributed by atoms with E-state index in [1.165, 1.54) is 0 Å². The summed E-state index contributed by atoms with van der Waals surface area (Å²) in [6.45, 7) is 5.68. The topological polar surface area (TPSA) is 79.2 Å². The van der Waals surface area contributed by atoms with Gasteiger partial charge in [-0.05, 0) is 37.7 Å². The van der Waals surface area contributed by atoms with Gasteiger partial charge in [-0.3, -0.25) is 4.79 Å². The minimum atomic E-state index is -2.61. The minimum absolute atomic E-state index is 0.0382. The molecule has 6 nitrogen and oxygen atoms in total. The first-order chi connectivity index (χ1) is 11.7. The molecule has 0 unspecified atom stereocenters. The van der Waals surface area contributed by atoms with Crippen LogP contribution in [0.4, 0.5) is 5.69 Å². The van der Waals surface area contributed by atoms with Gasteiger partial charge in [0.15, 0.2) is 13.9 Å². The fourth-order valence-corrected chi connectivity index (χ4v) is 7.29. The van der Waals surface area contributed by atoms with E-state index in [0.29, 0.717) is 12.2 Å². The number of benzene rings is 1. The molecule has 3 rings (SSSR count). The first-order valence-corrected chi connectivity index (χ1v) is 11.7. The molecule has 2 aliphatic rings. The van der Waals surface area contributed by atoms with Crippen molar-refractivity contribution in [3.63, 3.8) is 0 Å². The number of aliphatic hydroxyl groups is 1. The molecule has 0 saturated carbocycles. The van der Waals surface area contributed by atoms with E-state index in [1.54, 1.807) is 19.1 Å². The molecule has 4 atom stereocenters. The molecule has 1 fully saturated rings. The largest absolute Gasteiger partial charge is 0.497 e. The van der Waals surface area contributed by atoms with Crippen LogP contribution in [0.3, 0.4) is 0 Å². The quantitative estimate of drug-likeness (QED) is 0.796. The number of hydrogen-bond acceptors (Lipinski definition) is 5. The van der Waals surface area contributed by atoms with E-state index in [9.17, 15) is 14.7 Å². The van der Waals surface area contributed by atoms with E-state index in [1.807, 2.05) is 38.2 Å². The Morgan fingerprint density at radius 1 is 1.40 bits per heavy atom. The molecule has 1 saturated heterocycles. The third kappa shape index (κ3) is 2.52. The number of ether oxygens (including phenoxy) is 2. The van der Waals surface area contributed by atoms with Gasteiger partial charge >= 0.3 is 0 Å². The number of aliphatic hydroxyl groups excluding tert-OH is 1. The monoisotopic (exact) mass is 365 g/mol. The summed E-state index contributed by atoms with van der Waals surface area (Å²) in [6, 6.07) is 5.55. The predicted octanol–water partition coefficient (Wildman–Crippen LogP) is 1.85. The zero-order valence-corrected chi connectivity index (χ0v) is 16.4. The molecule has 7 heteroatoms. The summed E-state index contributed by atoms with van der Waals surface area (Å²) in [5, 5.41) is 9.46. The molecule has 1 amide bonds. The summed E-state index contributed by atoms with van der Waals surface area (Å²) >= 11 is 0. The van der Waals surface area contributed by atoms with Crippen molar-refractivity contribution in [3.05, 3.63) is 23.8 Å². The third-order valence-electron chi connectivity index (χ3n) is 5.73. The summed E-state index contributed by atoms with van der Waals surface area (Å²) in [5.74, 6) is 0.352. The average Bonchev–Trinajstić information content (AvgIpc) is 2.96. The Hall–Kier alpha value is -1.41. The van der Waals surface area contributed by atoms with Crippen molar-refractivity contribution in [3.8, 4) is 5.75 Å². The molecular weight excluding hydrogens is 338 g/mol. The smallest absolute Gasteiger partial charge is 0.264 e. The molecular formula is C18H27NO5Si. The van der Waals surface area contributed by atoms with Crippen molar-refractivity contribution in [1.29, 1.82) is 0 Å². The molecule has 1 aromatic rings. The van der Waals surface area contributed by atoms with Crippen molar-refractivity contribution >= 4 is 19.9 Å². The van der Waals surface area contributed by atoms with Gasteiger partial charge in [0, 0.05) is 30.7 Å². The number of methoxy groups -OCH3 is 1. The van der Waals surface area contributed by atoms with Crippen LogP contribution in [0, 0.1) is 5.92 Å². The van der Waals surface area contributed by atoms with Crippen molar-refractivity contribution in [2.75, 3.05) is 25.7 Å². The van der Waals surface area contributed by atoms with Crippen molar-refractivity contribution in [2.24, 2.45) is 5.92 Å². The standard InChI is InChI=1S/C18H27NO5Si/c1-11-16(25(4,5)22)15(8-9-20)24-18(11)13-10-12(23-3)6-7-14(13)19(2)17(18)21/h6-7,10-11,15-16,20,22H,8-9H2,1-5H3/t11-,15+,16-,18+/m1/s1. The molecule has 138 valence electrons. The zero-order valence-electron chi connectivity index (χ0n) is 15.4. The number of carbonyl (C=O) groups excluding carboxylic acids is 1. The summed E-state index contributed by atoms with van der Waals surface area (Å²) in [7, 11) is 0.723. The number of hydrogen-bond donors (Lipinski definition) is 2. The number of fused-ring (bicyclic) bond motifs is 2. The molecule has 25 heavy (non-hydrogen) atoms. The lowest BCUT2D eigenvalue weighted by Gasteiger charge is -2.32. The SMILES string of the molecule is COc1ccc2c(c1)[C@]1(O[C@@H](CCO)[C@H]([Si](C)(C)O)[C@H]1C)C(=O)N2C. The first-order valence-electron chi connectivity index (χ1n) is 8.66. The highest BCUT2D eigenvalue weighted by Crippen LogP contribution is 2.59. The van der Waals surface area contributed by atoms with Crippen molar-refractivity contribution < 1.29 is 24.2 Å². The van der Waals surface area contributed by atoms with Crippen molar-refractivity contribution in [2.45, 2.75) is 43.7 Å². The van der Waals surface area contributed by atoms with Crippen LogP contribution >= 0.6 is 0 Å². The van der Waals surface area contributed by atoms with Gasteiger partial charge in [-0.15, -0.1) is 0 Å². The number of nitrogens with zero attached hydrogens (tertiary/aromatic N) is 1. The van der Waals surface area contributed by atoms with Gasteiger partial charge in [-0.1, -0.05) is 6.92 Å². The van der Waals surface area contributed by atoms with Gasteiger partial charge in [0.25, 0.3) is 5.91 Å². The Labute approximate surface area is 149 Å². The highest BCUT2D eigenvalue weighted by molar-refractivity contribution is 6.71. The summed E-state index contributed by atoms with van der Waals surface area (Å²) in [4.78, 5) is 25.7. The van der Waals surface area contributed by atoms with Gasteiger partial charge in [0.05, 0.1) is 18.9 Å².